The number of furan rings is 1. The van der Waals surface area contributed by atoms with Crippen LogP contribution in [0.15, 0.2) is 16.7 Å². The van der Waals surface area contributed by atoms with Crippen molar-refractivity contribution in [2.45, 2.75) is 18.9 Å². The molecule has 6 heteroatoms. The lowest BCUT2D eigenvalue weighted by atomic mass is 10.1. The number of nitrogens with zero attached hydrogens (tertiary/aromatic N) is 1. The average Bonchev–Trinajstić information content (AvgIpc) is 2.88. The summed E-state index contributed by atoms with van der Waals surface area (Å²) in [5, 5.41) is 8.77. The number of hydrogen-bond acceptors (Lipinski definition) is 4. The van der Waals surface area contributed by atoms with E-state index >= 15 is 0 Å². The van der Waals surface area contributed by atoms with Crippen LogP contribution in [0.3, 0.4) is 0 Å². The molecule has 1 saturated heterocycles. The van der Waals surface area contributed by atoms with Crippen molar-refractivity contribution < 1.29 is 23.8 Å². The number of ether oxygens (including phenoxy) is 1. The molecule has 0 atom stereocenters. The summed E-state index contributed by atoms with van der Waals surface area (Å²) >= 11 is 0. The van der Waals surface area contributed by atoms with Crippen LogP contribution in [0, 0.1) is 0 Å². The van der Waals surface area contributed by atoms with Crippen LogP contribution in [-0.2, 0) is 4.74 Å². The Hall–Kier alpha value is -1.82. The third-order valence-electron chi connectivity index (χ3n) is 3.12. The molecule has 1 N–H and O–H groups in total. The Morgan fingerprint density at radius 2 is 2.06 bits per heavy atom. The van der Waals surface area contributed by atoms with Crippen LogP contribution < -0.4 is 0 Å². The molecule has 2 rings (SSSR count). The standard InChI is InChI=1S/C12H15NO5/c1-13(9-2-4-17-5-3-9)11(14)10-6-8(7-18-10)12(15)16/h6-7,9H,2-5H2,1H3,(H,15,16). The molecule has 1 aliphatic heterocycles. The van der Waals surface area contributed by atoms with Gasteiger partial charge in [0.1, 0.15) is 6.26 Å². The monoisotopic (exact) mass is 253 g/mol. The molecule has 0 aromatic carbocycles. The van der Waals surface area contributed by atoms with Gasteiger partial charge in [-0.25, -0.2) is 4.79 Å². The van der Waals surface area contributed by atoms with E-state index in [2.05, 4.69) is 0 Å². The SMILES string of the molecule is CN(C(=O)c1cc(C(=O)O)co1)C1CCOCC1. The Labute approximate surface area is 104 Å². The Morgan fingerprint density at radius 3 is 2.61 bits per heavy atom. The summed E-state index contributed by atoms with van der Waals surface area (Å²) in [6.07, 6.45) is 2.65. The number of aromatic carboxylic acids is 1. The zero-order chi connectivity index (χ0) is 13.1. The molecule has 1 aromatic rings. The normalized spacial score (nSPS) is 16.5. The van der Waals surface area contributed by atoms with Gasteiger partial charge in [0.15, 0.2) is 5.76 Å². The molecule has 18 heavy (non-hydrogen) atoms. The number of carbonyl (C=O) groups excluding carboxylic acids is 1. The smallest absolute Gasteiger partial charge is 0.338 e. The summed E-state index contributed by atoms with van der Waals surface area (Å²) in [7, 11) is 1.70. The van der Waals surface area contributed by atoms with Crippen molar-refractivity contribution in [1.82, 2.24) is 4.90 Å². The number of carboxylic acids is 1. The molecule has 98 valence electrons. The van der Waals surface area contributed by atoms with Gasteiger partial charge < -0.3 is 19.2 Å². The maximum Gasteiger partial charge on any atom is 0.338 e. The van der Waals surface area contributed by atoms with E-state index in [0.717, 1.165) is 19.1 Å². The van der Waals surface area contributed by atoms with Crippen molar-refractivity contribution in [2.24, 2.45) is 0 Å². The van der Waals surface area contributed by atoms with Crippen LogP contribution in [-0.4, -0.2) is 48.2 Å². The van der Waals surface area contributed by atoms with Gasteiger partial charge in [-0.3, -0.25) is 4.79 Å². The van der Waals surface area contributed by atoms with E-state index in [4.69, 9.17) is 14.3 Å². The van der Waals surface area contributed by atoms with Gasteiger partial charge in [-0.2, -0.15) is 0 Å². The maximum atomic E-state index is 12.1. The van der Waals surface area contributed by atoms with E-state index in [9.17, 15) is 9.59 Å². The third kappa shape index (κ3) is 2.53. The highest BCUT2D eigenvalue weighted by atomic mass is 16.5. The Morgan fingerprint density at radius 1 is 1.39 bits per heavy atom. The second-order valence-electron chi connectivity index (χ2n) is 4.26. The first-order valence-electron chi connectivity index (χ1n) is 5.76. The van der Waals surface area contributed by atoms with E-state index in [1.54, 1.807) is 11.9 Å². The fraction of sp³-hybridized carbons (Fsp3) is 0.500. The van der Waals surface area contributed by atoms with Gasteiger partial charge in [0, 0.05) is 32.4 Å². The summed E-state index contributed by atoms with van der Waals surface area (Å²) in [6.45, 7) is 1.28. The second-order valence-corrected chi connectivity index (χ2v) is 4.26. The second kappa shape index (κ2) is 5.22. The fourth-order valence-corrected chi connectivity index (χ4v) is 1.97. The predicted molar refractivity (Wildman–Crippen MR) is 61.6 cm³/mol. The fourth-order valence-electron chi connectivity index (χ4n) is 1.97. The highest BCUT2D eigenvalue weighted by molar-refractivity contribution is 5.95. The van der Waals surface area contributed by atoms with Gasteiger partial charge in [-0.1, -0.05) is 0 Å². The largest absolute Gasteiger partial charge is 0.478 e. The van der Waals surface area contributed by atoms with Gasteiger partial charge in [0.05, 0.1) is 5.56 Å². The summed E-state index contributed by atoms with van der Waals surface area (Å²) in [4.78, 5) is 24.4. The number of carboxylic acid groups (broad SMARTS) is 1. The summed E-state index contributed by atoms with van der Waals surface area (Å²) in [5.74, 6) is -1.35. The molecule has 0 unspecified atom stereocenters. The van der Waals surface area contributed by atoms with Gasteiger partial charge in [-0.15, -0.1) is 0 Å². The minimum atomic E-state index is -1.11. The van der Waals surface area contributed by atoms with Crippen LogP contribution in [0.5, 0.6) is 0 Å². The lowest BCUT2D eigenvalue weighted by Crippen LogP contribution is -2.40. The molecular weight excluding hydrogens is 238 g/mol. The first kappa shape index (κ1) is 12.6. The van der Waals surface area contributed by atoms with E-state index in [-0.39, 0.29) is 23.3 Å². The van der Waals surface area contributed by atoms with E-state index in [1.807, 2.05) is 0 Å². The van der Waals surface area contributed by atoms with Gasteiger partial charge >= 0.3 is 5.97 Å². The topological polar surface area (TPSA) is 80.0 Å². The van der Waals surface area contributed by atoms with Crippen LogP contribution in [0.1, 0.15) is 33.8 Å². The Bertz CT molecular complexity index is 447. The number of rotatable bonds is 3. The van der Waals surface area contributed by atoms with Gasteiger partial charge in [0.25, 0.3) is 5.91 Å². The van der Waals surface area contributed by atoms with E-state index < -0.39 is 5.97 Å². The maximum absolute atomic E-state index is 12.1. The molecule has 6 nitrogen and oxygen atoms in total. The molecule has 1 aliphatic rings. The van der Waals surface area contributed by atoms with Crippen molar-refractivity contribution in [3.63, 3.8) is 0 Å². The van der Waals surface area contributed by atoms with Crippen LogP contribution in [0.2, 0.25) is 0 Å². The lowest BCUT2D eigenvalue weighted by molar-refractivity contribution is 0.0345. The molecule has 2 heterocycles. The minimum absolute atomic E-state index is 0.0151. The molecule has 1 aromatic heterocycles. The molecule has 0 saturated carbocycles. The van der Waals surface area contributed by atoms with E-state index in [0.29, 0.717) is 13.2 Å². The zero-order valence-electron chi connectivity index (χ0n) is 10.1. The van der Waals surface area contributed by atoms with Crippen molar-refractivity contribution in [3.8, 4) is 0 Å². The molecule has 0 radical (unpaired) electrons. The molecule has 0 aliphatic carbocycles. The number of carbonyl (C=O) groups is 2. The number of hydrogen-bond donors (Lipinski definition) is 1. The van der Waals surface area contributed by atoms with Crippen LogP contribution in [0.4, 0.5) is 0 Å². The molecule has 0 spiro atoms. The van der Waals surface area contributed by atoms with Gasteiger partial charge in [0.2, 0.25) is 0 Å². The van der Waals surface area contributed by atoms with Crippen molar-refractivity contribution in [1.29, 1.82) is 0 Å². The van der Waals surface area contributed by atoms with Crippen molar-refractivity contribution in [2.75, 3.05) is 20.3 Å². The predicted octanol–water partition coefficient (Wildman–Crippen LogP) is 1.23. The van der Waals surface area contributed by atoms with Gasteiger partial charge in [-0.05, 0) is 12.8 Å². The molecule has 1 fully saturated rings. The highest BCUT2D eigenvalue weighted by Crippen LogP contribution is 2.17. The summed E-state index contributed by atoms with van der Waals surface area (Å²) in [6, 6.07) is 1.37. The Kier molecular flexibility index (Phi) is 3.66. The number of amides is 1. The summed E-state index contributed by atoms with van der Waals surface area (Å²) in [5.41, 5.74) is -0.0151. The van der Waals surface area contributed by atoms with Crippen LogP contribution >= 0.6 is 0 Å². The first-order valence-corrected chi connectivity index (χ1v) is 5.76. The lowest BCUT2D eigenvalue weighted by Gasteiger charge is -2.30. The quantitative estimate of drug-likeness (QED) is 0.876. The highest BCUT2D eigenvalue weighted by Gasteiger charge is 2.25. The zero-order valence-corrected chi connectivity index (χ0v) is 10.1. The molecular formula is C12H15NO5. The molecule has 0 bridgehead atoms. The van der Waals surface area contributed by atoms with Crippen molar-refractivity contribution in [3.05, 3.63) is 23.7 Å². The first-order chi connectivity index (χ1) is 8.59. The Balaban J connectivity index is 2.07. The third-order valence-corrected chi connectivity index (χ3v) is 3.12. The summed E-state index contributed by atoms with van der Waals surface area (Å²) < 4.78 is 10.2. The molecule has 1 amide bonds. The van der Waals surface area contributed by atoms with Crippen molar-refractivity contribution >= 4 is 11.9 Å². The van der Waals surface area contributed by atoms with Crippen LogP contribution in [0.25, 0.3) is 0 Å². The average molecular weight is 253 g/mol. The minimum Gasteiger partial charge on any atom is -0.478 e. The van der Waals surface area contributed by atoms with E-state index in [1.165, 1.54) is 6.07 Å².